The zero-order valence-corrected chi connectivity index (χ0v) is 19.8. The third-order valence-corrected chi connectivity index (χ3v) is 6.98. The van der Waals surface area contributed by atoms with E-state index >= 15 is 0 Å². The average Bonchev–Trinajstić information content (AvgIpc) is 3.20. The predicted octanol–water partition coefficient (Wildman–Crippen LogP) is 4.47. The highest BCUT2D eigenvalue weighted by Gasteiger charge is 2.42. The first-order chi connectivity index (χ1) is 17.0. The molecule has 0 bridgehead atoms. The molecule has 2 aliphatic rings. The lowest BCUT2D eigenvalue weighted by Crippen LogP contribution is -2.45. The van der Waals surface area contributed by atoms with E-state index in [1.807, 2.05) is 59.5 Å². The topological polar surface area (TPSA) is 74.1 Å². The number of hydrogen-bond acceptors (Lipinski definition) is 5. The van der Waals surface area contributed by atoms with Crippen LogP contribution in [0, 0.1) is 5.82 Å². The largest absolute Gasteiger partial charge is 0.351 e. The Morgan fingerprint density at radius 1 is 1.00 bits per heavy atom. The molecule has 0 radical (unpaired) electrons. The SMILES string of the molecule is CC(SC1=Nc2ccccc2C2=NC(=O)C(Cc3ccccc3)N12)C(=O)NCc1ccc(F)cc1. The van der Waals surface area contributed by atoms with Gasteiger partial charge in [0.05, 0.1) is 10.9 Å². The van der Waals surface area contributed by atoms with E-state index in [9.17, 15) is 14.0 Å². The molecule has 0 fully saturated rings. The summed E-state index contributed by atoms with van der Waals surface area (Å²) in [6, 6.07) is 22.9. The Morgan fingerprint density at radius 2 is 1.71 bits per heavy atom. The molecule has 0 aliphatic carbocycles. The van der Waals surface area contributed by atoms with Crippen molar-refractivity contribution in [2.75, 3.05) is 0 Å². The normalized spacial score (nSPS) is 17.3. The third-order valence-electron chi connectivity index (χ3n) is 5.91. The van der Waals surface area contributed by atoms with Crippen LogP contribution in [-0.4, -0.2) is 39.0 Å². The first-order valence-electron chi connectivity index (χ1n) is 11.3. The van der Waals surface area contributed by atoms with E-state index in [0.717, 1.165) is 22.4 Å². The van der Waals surface area contributed by atoms with Crippen LogP contribution in [0.25, 0.3) is 0 Å². The summed E-state index contributed by atoms with van der Waals surface area (Å²) in [4.78, 5) is 36.9. The molecule has 0 saturated carbocycles. The minimum Gasteiger partial charge on any atom is -0.351 e. The highest BCUT2D eigenvalue weighted by molar-refractivity contribution is 8.14. The van der Waals surface area contributed by atoms with Crippen molar-refractivity contribution in [1.29, 1.82) is 0 Å². The quantitative estimate of drug-likeness (QED) is 0.558. The van der Waals surface area contributed by atoms with E-state index in [0.29, 0.717) is 24.0 Å². The molecule has 2 aliphatic heterocycles. The molecule has 0 aromatic heterocycles. The zero-order valence-electron chi connectivity index (χ0n) is 19.0. The molecule has 8 heteroatoms. The van der Waals surface area contributed by atoms with Gasteiger partial charge in [-0.25, -0.2) is 9.38 Å². The fourth-order valence-electron chi connectivity index (χ4n) is 4.07. The number of fused-ring (bicyclic) bond motifs is 3. The molecule has 3 aromatic carbocycles. The van der Waals surface area contributed by atoms with E-state index in [1.165, 1.54) is 23.9 Å². The number of thioether (sulfide) groups is 1. The maximum Gasteiger partial charge on any atom is 0.271 e. The number of nitrogens with one attached hydrogen (secondary N) is 1. The molecule has 6 nitrogen and oxygen atoms in total. The number of benzene rings is 3. The number of hydrogen-bond donors (Lipinski definition) is 1. The number of carbonyl (C=O) groups is 2. The number of aliphatic imine (C=N–C) groups is 2. The van der Waals surface area contributed by atoms with Crippen LogP contribution in [0.4, 0.5) is 10.1 Å². The lowest BCUT2D eigenvalue weighted by atomic mass is 10.0. The number of para-hydroxylation sites is 1. The summed E-state index contributed by atoms with van der Waals surface area (Å²) in [7, 11) is 0. The van der Waals surface area contributed by atoms with Gasteiger partial charge >= 0.3 is 0 Å². The van der Waals surface area contributed by atoms with Crippen LogP contribution in [0.3, 0.4) is 0 Å². The summed E-state index contributed by atoms with van der Waals surface area (Å²) in [5.74, 6) is -0.142. The van der Waals surface area contributed by atoms with Gasteiger partial charge in [-0.1, -0.05) is 66.4 Å². The van der Waals surface area contributed by atoms with Crippen molar-refractivity contribution >= 4 is 40.3 Å². The first kappa shape index (κ1) is 23.0. The van der Waals surface area contributed by atoms with Crippen molar-refractivity contribution < 1.29 is 14.0 Å². The molecule has 0 spiro atoms. The van der Waals surface area contributed by atoms with Gasteiger partial charge in [-0.3, -0.25) is 14.5 Å². The van der Waals surface area contributed by atoms with Crippen LogP contribution in [0.5, 0.6) is 0 Å². The Balaban J connectivity index is 1.37. The Hall–Kier alpha value is -3.78. The Kier molecular flexibility index (Phi) is 6.46. The van der Waals surface area contributed by atoms with E-state index in [1.54, 1.807) is 19.1 Å². The monoisotopic (exact) mass is 486 g/mol. The lowest BCUT2D eigenvalue weighted by Gasteiger charge is -2.32. The lowest BCUT2D eigenvalue weighted by molar-refractivity contribution is -0.120. The summed E-state index contributed by atoms with van der Waals surface area (Å²) in [5.41, 5.74) is 3.35. The average molecular weight is 487 g/mol. The molecule has 35 heavy (non-hydrogen) atoms. The summed E-state index contributed by atoms with van der Waals surface area (Å²) in [6.45, 7) is 2.10. The van der Waals surface area contributed by atoms with Gasteiger partial charge in [0.25, 0.3) is 5.91 Å². The van der Waals surface area contributed by atoms with E-state index in [2.05, 4.69) is 10.3 Å². The molecule has 5 rings (SSSR count). The smallest absolute Gasteiger partial charge is 0.271 e. The van der Waals surface area contributed by atoms with Crippen LogP contribution in [0.1, 0.15) is 23.6 Å². The molecular formula is C27H23FN4O2S. The maximum absolute atomic E-state index is 13.1. The highest BCUT2D eigenvalue weighted by atomic mass is 32.2. The molecule has 1 N–H and O–H groups in total. The van der Waals surface area contributed by atoms with Gasteiger partial charge in [0, 0.05) is 18.5 Å². The van der Waals surface area contributed by atoms with Crippen molar-refractivity contribution in [3.63, 3.8) is 0 Å². The standard InChI is InChI=1S/C27H23FN4O2S/c1-17(25(33)29-16-19-11-13-20(28)14-12-19)35-27-30-22-10-6-5-9-21(22)24-31-26(34)23(32(24)27)15-18-7-3-2-4-8-18/h2-14,17,23H,15-16H2,1H3,(H,29,33). The van der Waals surface area contributed by atoms with Crippen molar-refractivity contribution in [3.05, 3.63) is 101 Å². The minimum absolute atomic E-state index is 0.176. The van der Waals surface area contributed by atoms with Gasteiger partial charge in [-0.05, 0) is 42.3 Å². The number of nitrogens with zero attached hydrogens (tertiary/aromatic N) is 3. The molecule has 2 heterocycles. The van der Waals surface area contributed by atoms with Crippen molar-refractivity contribution in [2.24, 2.45) is 9.98 Å². The Labute approximate surface area is 207 Å². The van der Waals surface area contributed by atoms with Gasteiger partial charge < -0.3 is 5.32 Å². The van der Waals surface area contributed by atoms with Crippen LogP contribution >= 0.6 is 11.8 Å². The molecule has 3 aromatic rings. The molecule has 2 atom stereocenters. The van der Waals surface area contributed by atoms with Crippen LogP contribution in [0.2, 0.25) is 0 Å². The Bertz CT molecular complexity index is 1320. The number of rotatable bonds is 6. The first-order valence-corrected chi connectivity index (χ1v) is 12.2. The second-order valence-electron chi connectivity index (χ2n) is 8.37. The maximum atomic E-state index is 13.1. The molecule has 2 unspecified atom stereocenters. The summed E-state index contributed by atoms with van der Waals surface area (Å²) >= 11 is 1.29. The molecular weight excluding hydrogens is 463 g/mol. The van der Waals surface area contributed by atoms with Gasteiger partial charge in [0.2, 0.25) is 5.91 Å². The number of amides is 2. The fraction of sp³-hybridized carbons (Fsp3) is 0.185. The second kappa shape index (κ2) is 9.84. The van der Waals surface area contributed by atoms with E-state index in [-0.39, 0.29) is 17.6 Å². The molecule has 0 saturated heterocycles. The number of amidine groups is 2. The fourth-order valence-corrected chi connectivity index (χ4v) is 5.05. The van der Waals surface area contributed by atoms with Gasteiger partial charge in [-0.15, -0.1) is 0 Å². The van der Waals surface area contributed by atoms with Crippen LogP contribution < -0.4 is 5.32 Å². The minimum atomic E-state index is -0.526. The van der Waals surface area contributed by atoms with Crippen molar-refractivity contribution in [1.82, 2.24) is 10.2 Å². The van der Waals surface area contributed by atoms with E-state index < -0.39 is 11.3 Å². The Morgan fingerprint density at radius 3 is 2.49 bits per heavy atom. The number of carbonyl (C=O) groups excluding carboxylic acids is 2. The highest BCUT2D eigenvalue weighted by Crippen LogP contribution is 2.36. The predicted molar refractivity (Wildman–Crippen MR) is 136 cm³/mol. The third kappa shape index (κ3) is 4.88. The van der Waals surface area contributed by atoms with Gasteiger partial charge in [0.15, 0.2) is 5.17 Å². The van der Waals surface area contributed by atoms with Crippen molar-refractivity contribution in [3.8, 4) is 0 Å². The number of halogens is 1. The zero-order chi connectivity index (χ0) is 24.4. The second-order valence-corrected chi connectivity index (χ2v) is 9.67. The van der Waals surface area contributed by atoms with Gasteiger partial charge in [-0.2, -0.15) is 4.99 Å². The van der Waals surface area contributed by atoms with E-state index in [4.69, 9.17) is 4.99 Å². The van der Waals surface area contributed by atoms with Crippen molar-refractivity contribution in [2.45, 2.75) is 31.2 Å². The van der Waals surface area contributed by atoms with Crippen LogP contribution in [0.15, 0.2) is 88.8 Å². The van der Waals surface area contributed by atoms with Crippen LogP contribution in [-0.2, 0) is 22.6 Å². The molecule has 2 amide bonds. The summed E-state index contributed by atoms with van der Waals surface area (Å²) in [6.07, 6.45) is 0.486. The summed E-state index contributed by atoms with van der Waals surface area (Å²) in [5, 5.41) is 2.98. The molecule has 176 valence electrons. The van der Waals surface area contributed by atoms with Gasteiger partial charge in [0.1, 0.15) is 17.7 Å². The summed E-state index contributed by atoms with van der Waals surface area (Å²) < 4.78 is 13.1.